The molecule has 0 aliphatic carbocycles. The Morgan fingerprint density at radius 2 is 1.77 bits per heavy atom. The van der Waals surface area contributed by atoms with Crippen LogP contribution in [0.3, 0.4) is 0 Å². The number of ether oxygens (including phenoxy) is 2. The quantitative estimate of drug-likeness (QED) is 0.145. The van der Waals surface area contributed by atoms with Gasteiger partial charge in [-0.25, -0.2) is 9.59 Å². The molecule has 0 spiro atoms. The molecule has 1 unspecified atom stereocenters. The van der Waals surface area contributed by atoms with E-state index in [1.165, 1.54) is 18.2 Å². The molecule has 0 aromatic heterocycles. The molecular formula is C31H38N4O7S. The number of nitrogens with zero attached hydrogens (tertiary/aromatic N) is 3. The first kappa shape index (κ1) is 31.9. The highest BCUT2D eigenvalue weighted by atomic mass is 32.2. The summed E-state index contributed by atoms with van der Waals surface area (Å²) in [4.78, 5) is 41.1. The molecule has 0 bridgehead atoms. The number of para-hydroxylation sites is 2. The second kappa shape index (κ2) is 14.9. The number of non-ortho nitro benzene ring substituents is 1. The number of aliphatic carboxylic acids is 1. The molecule has 2 aliphatic heterocycles. The Hall–Kier alpha value is -4.03. The van der Waals surface area contributed by atoms with E-state index in [0.29, 0.717) is 23.4 Å². The van der Waals surface area contributed by atoms with Gasteiger partial charge in [-0.3, -0.25) is 15.0 Å². The summed E-state index contributed by atoms with van der Waals surface area (Å²) < 4.78 is 11.1. The van der Waals surface area contributed by atoms with Crippen LogP contribution in [0.1, 0.15) is 31.7 Å². The monoisotopic (exact) mass is 610 g/mol. The van der Waals surface area contributed by atoms with Crippen LogP contribution in [-0.2, 0) is 14.3 Å². The molecule has 1 atom stereocenters. The third-order valence-electron chi connectivity index (χ3n) is 7.64. The number of hydrogen-bond acceptors (Lipinski definition) is 10. The lowest BCUT2D eigenvalue weighted by atomic mass is 9.80. The zero-order valence-corrected chi connectivity index (χ0v) is 25.5. The Balaban J connectivity index is 1.24. The molecule has 0 radical (unpaired) electrons. The standard InChI is InChI=1S/C31H38N4O7S/c1-21-27(30(36)37)29(23-8-6-9-24(20-23)35(39)40)28(22(2)32-21)31(38)42-17-7-18-43-19-16-33-12-14-34(15-13-33)25-10-4-5-11-26(25)41-3/h4-6,8-11,20,29,32H,7,12-19H2,1-3H3,(H,36,37). The second-order valence-corrected chi connectivity index (χ2v) is 11.6. The van der Waals surface area contributed by atoms with Gasteiger partial charge in [-0.2, -0.15) is 11.8 Å². The molecule has 43 heavy (non-hydrogen) atoms. The van der Waals surface area contributed by atoms with E-state index in [4.69, 9.17) is 9.47 Å². The number of nitro benzene ring substituents is 1. The van der Waals surface area contributed by atoms with Crippen molar-refractivity contribution in [3.63, 3.8) is 0 Å². The minimum atomic E-state index is -1.21. The summed E-state index contributed by atoms with van der Waals surface area (Å²) in [5, 5.41) is 24.3. The van der Waals surface area contributed by atoms with Gasteiger partial charge >= 0.3 is 11.9 Å². The van der Waals surface area contributed by atoms with Crippen LogP contribution in [0, 0.1) is 10.1 Å². The first-order valence-electron chi connectivity index (χ1n) is 14.2. The average Bonchev–Trinajstić information content (AvgIpc) is 3.00. The number of carboxylic acid groups (broad SMARTS) is 1. The number of rotatable bonds is 13. The zero-order chi connectivity index (χ0) is 30.9. The average molecular weight is 611 g/mol. The van der Waals surface area contributed by atoms with Gasteiger partial charge in [-0.05, 0) is 43.7 Å². The largest absolute Gasteiger partial charge is 0.495 e. The van der Waals surface area contributed by atoms with Gasteiger partial charge in [-0.1, -0.05) is 24.3 Å². The Morgan fingerprint density at radius 1 is 1.05 bits per heavy atom. The molecule has 4 rings (SSSR count). The number of thioether (sulfide) groups is 1. The van der Waals surface area contributed by atoms with E-state index in [-0.39, 0.29) is 23.4 Å². The Labute approximate surface area is 255 Å². The topological polar surface area (TPSA) is 134 Å². The zero-order valence-electron chi connectivity index (χ0n) is 24.7. The highest BCUT2D eigenvalue weighted by molar-refractivity contribution is 7.99. The fourth-order valence-corrected chi connectivity index (χ4v) is 6.42. The fraction of sp³-hybridized carbons (Fsp3) is 0.419. The van der Waals surface area contributed by atoms with E-state index < -0.39 is 22.8 Å². The maximum atomic E-state index is 13.3. The summed E-state index contributed by atoms with van der Waals surface area (Å²) in [5.41, 5.74) is 2.23. The number of carbonyl (C=O) groups excluding carboxylic acids is 1. The van der Waals surface area contributed by atoms with Gasteiger partial charge in [0.05, 0.1) is 41.4 Å². The third kappa shape index (κ3) is 7.88. The normalized spacial score (nSPS) is 17.5. The summed E-state index contributed by atoms with van der Waals surface area (Å²) in [6.45, 7) is 8.31. The maximum Gasteiger partial charge on any atom is 0.336 e. The number of piperazine rings is 1. The van der Waals surface area contributed by atoms with Crippen molar-refractivity contribution in [1.29, 1.82) is 0 Å². The summed E-state index contributed by atoms with van der Waals surface area (Å²) >= 11 is 1.80. The van der Waals surface area contributed by atoms with Crippen LogP contribution in [-0.4, -0.2) is 84.8 Å². The fourth-order valence-electron chi connectivity index (χ4n) is 5.50. The number of allylic oxidation sites excluding steroid dienone is 2. The molecule has 2 N–H and O–H groups in total. The highest BCUT2D eigenvalue weighted by Gasteiger charge is 2.37. The predicted octanol–water partition coefficient (Wildman–Crippen LogP) is 4.41. The lowest BCUT2D eigenvalue weighted by Gasteiger charge is -2.36. The van der Waals surface area contributed by atoms with E-state index in [0.717, 1.165) is 55.7 Å². The van der Waals surface area contributed by atoms with E-state index in [1.807, 2.05) is 18.2 Å². The molecule has 2 heterocycles. The predicted molar refractivity (Wildman–Crippen MR) is 167 cm³/mol. The van der Waals surface area contributed by atoms with Crippen LogP contribution < -0.4 is 15.0 Å². The molecule has 2 aromatic carbocycles. The minimum Gasteiger partial charge on any atom is -0.495 e. The Morgan fingerprint density at radius 3 is 2.47 bits per heavy atom. The summed E-state index contributed by atoms with van der Waals surface area (Å²) in [5.74, 6) is -0.158. The van der Waals surface area contributed by atoms with Crippen molar-refractivity contribution >= 4 is 35.1 Å². The number of nitro groups is 1. The van der Waals surface area contributed by atoms with Crippen molar-refractivity contribution in [2.75, 3.05) is 62.8 Å². The summed E-state index contributed by atoms with van der Waals surface area (Å²) in [7, 11) is 1.70. The summed E-state index contributed by atoms with van der Waals surface area (Å²) in [6.07, 6.45) is 0.653. The van der Waals surface area contributed by atoms with Gasteiger partial charge in [0, 0.05) is 62.0 Å². The maximum absolute atomic E-state index is 13.3. The number of esters is 1. The van der Waals surface area contributed by atoms with Crippen molar-refractivity contribution < 1.29 is 29.1 Å². The molecule has 1 saturated heterocycles. The smallest absolute Gasteiger partial charge is 0.336 e. The van der Waals surface area contributed by atoms with Crippen molar-refractivity contribution in [3.8, 4) is 5.75 Å². The number of methoxy groups -OCH3 is 1. The number of nitrogens with one attached hydrogen (secondary N) is 1. The number of benzene rings is 2. The first-order chi connectivity index (χ1) is 20.7. The summed E-state index contributed by atoms with van der Waals surface area (Å²) in [6, 6.07) is 13.8. The van der Waals surface area contributed by atoms with Crippen LogP contribution in [0.15, 0.2) is 71.1 Å². The number of carbonyl (C=O) groups is 2. The van der Waals surface area contributed by atoms with Gasteiger partial charge in [0.25, 0.3) is 5.69 Å². The van der Waals surface area contributed by atoms with E-state index in [2.05, 4.69) is 21.2 Å². The van der Waals surface area contributed by atoms with Crippen LogP contribution >= 0.6 is 11.8 Å². The number of anilines is 1. The molecule has 12 heteroatoms. The highest BCUT2D eigenvalue weighted by Crippen LogP contribution is 2.39. The van der Waals surface area contributed by atoms with Crippen molar-refractivity contribution in [2.45, 2.75) is 26.2 Å². The lowest BCUT2D eigenvalue weighted by molar-refractivity contribution is -0.384. The molecule has 1 fully saturated rings. The SMILES string of the molecule is COc1ccccc1N1CCN(CCSCCCOC(=O)C2=C(C)NC(C)=C(C(=O)O)C2c2cccc([N+](=O)[O-])c2)CC1. The number of hydrogen-bond donors (Lipinski definition) is 2. The Bertz CT molecular complexity index is 1400. The Kier molecular flexibility index (Phi) is 11.1. The number of carboxylic acids is 1. The van der Waals surface area contributed by atoms with E-state index in [9.17, 15) is 24.8 Å². The van der Waals surface area contributed by atoms with E-state index >= 15 is 0 Å². The van der Waals surface area contributed by atoms with Crippen LogP contribution in [0.2, 0.25) is 0 Å². The molecular weight excluding hydrogens is 572 g/mol. The van der Waals surface area contributed by atoms with Gasteiger partial charge in [-0.15, -0.1) is 0 Å². The molecule has 0 saturated carbocycles. The van der Waals surface area contributed by atoms with E-state index in [1.54, 1.807) is 38.8 Å². The van der Waals surface area contributed by atoms with Gasteiger partial charge in [0.15, 0.2) is 0 Å². The minimum absolute atomic E-state index is 0.0441. The third-order valence-corrected chi connectivity index (χ3v) is 8.69. The van der Waals surface area contributed by atoms with Crippen molar-refractivity contribution in [3.05, 3.63) is 86.7 Å². The first-order valence-corrected chi connectivity index (χ1v) is 15.4. The molecule has 11 nitrogen and oxygen atoms in total. The van der Waals surface area contributed by atoms with Crippen molar-refractivity contribution in [1.82, 2.24) is 10.2 Å². The molecule has 0 amide bonds. The van der Waals surface area contributed by atoms with Gasteiger partial charge in [0.1, 0.15) is 5.75 Å². The van der Waals surface area contributed by atoms with Crippen LogP contribution in [0.5, 0.6) is 5.75 Å². The van der Waals surface area contributed by atoms with Crippen molar-refractivity contribution in [2.24, 2.45) is 0 Å². The molecule has 230 valence electrons. The van der Waals surface area contributed by atoms with Crippen LogP contribution in [0.4, 0.5) is 11.4 Å². The second-order valence-electron chi connectivity index (χ2n) is 10.4. The van der Waals surface area contributed by atoms with Crippen LogP contribution in [0.25, 0.3) is 0 Å². The number of dihydropyridines is 1. The lowest BCUT2D eigenvalue weighted by Crippen LogP contribution is -2.47. The van der Waals surface area contributed by atoms with Gasteiger partial charge in [0.2, 0.25) is 0 Å². The van der Waals surface area contributed by atoms with Gasteiger partial charge < -0.3 is 24.8 Å². The molecule has 2 aliphatic rings. The molecule has 2 aromatic rings.